The Morgan fingerprint density at radius 3 is 2.47 bits per heavy atom. The molecule has 0 aliphatic heterocycles. The molecule has 0 fully saturated rings. The fraction of sp³-hybridized carbons (Fsp3) is 0.500. The highest BCUT2D eigenvalue weighted by Crippen LogP contribution is 2.25. The molecule has 1 aromatic rings. The predicted octanol–water partition coefficient (Wildman–Crippen LogP) is 0.981. The number of sulfonamides is 1. The van der Waals surface area contributed by atoms with Gasteiger partial charge in [0, 0.05) is 19.3 Å². The Morgan fingerprint density at radius 2 is 1.95 bits per heavy atom. The summed E-state index contributed by atoms with van der Waals surface area (Å²) in [4.78, 5) is 0.0157. The van der Waals surface area contributed by atoms with Crippen molar-refractivity contribution >= 4 is 15.7 Å². The minimum Gasteiger partial charge on any atom is -0.495 e. The molecule has 108 valence electrons. The molecule has 7 heteroatoms. The number of nitrogens with one attached hydrogen (secondary N) is 1. The van der Waals surface area contributed by atoms with Crippen molar-refractivity contribution in [1.82, 2.24) is 4.72 Å². The highest BCUT2D eigenvalue weighted by atomic mass is 32.2. The number of ether oxygens (including phenoxy) is 2. The summed E-state index contributed by atoms with van der Waals surface area (Å²) < 4.78 is 37.1. The van der Waals surface area contributed by atoms with Crippen molar-refractivity contribution in [3.8, 4) is 5.75 Å². The third kappa shape index (κ3) is 4.09. The van der Waals surface area contributed by atoms with Crippen LogP contribution in [0.15, 0.2) is 23.1 Å². The summed E-state index contributed by atoms with van der Waals surface area (Å²) in [5.74, 6) is 0.247. The van der Waals surface area contributed by atoms with Crippen molar-refractivity contribution in [3.63, 3.8) is 0 Å². The van der Waals surface area contributed by atoms with E-state index in [1.54, 1.807) is 19.9 Å². The summed E-state index contributed by atoms with van der Waals surface area (Å²) in [5, 5.41) is 0. The van der Waals surface area contributed by atoms with Crippen molar-refractivity contribution in [1.29, 1.82) is 0 Å². The summed E-state index contributed by atoms with van der Waals surface area (Å²) in [7, 11) is -0.774. The van der Waals surface area contributed by atoms with Gasteiger partial charge in [0.25, 0.3) is 0 Å². The first-order valence-electron chi connectivity index (χ1n) is 5.70. The van der Waals surface area contributed by atoms with Crippen molar-refractivity contribution in [2.24, 2.45) is 0 Å². The molecule has 3 N–H and O–H groups in total. The Labute approximate surface area is 113 Å². The highest BCUT2D eigenvalue weighted by molar-refractivity contribution is 7.89. The summed E-state index contributed by atoms with van der Waals surface area (Å²) in [6, 6.07) is 4.46. The van der Waals surface area contributed by atoms with Crippen LogP contribution < -0.4 is 15.2 Å². The third-order valence-electron chi connectivity index (χ3n) is 2.72. The minimum atomic E-state index is -3.70. The normalized spacial score (nSPS) is 12.4. The van der Waals surface area contributed by atoms with Gasteiger partial charge in [0.2, 0.25) is 10.0 Å². The third-order valence-corrected chi connectivity index (χ3v) is 4.14. The maximum absolute atomic E-state index is 12.2. The van der Waals surface area contributed by atoms with Crippen LogP contribution in [0, 0.1) is 0 Å². The number of nitrogens with two attached hydrogens (primary N) is 1. The molecule has 0 aromatic heterocycles. The molecule has 0 aliphatic rings. The predicted molar refractivity (Wildman–Crippen MR) is 73.7 cm³/mol. The number of rotatable bonds is 6. The Morgan fingerprint density at radius 1 is 1.32 bits per heavy atom. The van der Waals surface area contributed by atoms with Gasteiger partial charge in [-0.05, 0) is 32.0 Å². The zero-order valence-electron chi connectivity index (χ0n) is 11.6. The number of anilines is 1. The number of methoxy groups -OCH3 is 2. The van der Waals surface area contributed by atoms with E-state index in [-0.39, 0.29) is 17.2 Å². The quantitative estimate of drug-likeness (QED) is 0.761. The van der Waals surface area contributed by atoms with Crippen LogP contribution in [-0.2, 0) is 14.8 Å². The first-order valence-corrected chi connectivity index (χ1v) is 7.18. The molecule has 0 heterocycles. The molecule has 0 amide bonds. The van der Waals surface area contributed by atoms with Gasteiger partial charge in [-0.25, -0.2) is 13.1 Å². The van der Waals surface area contributed by atoms with Crippen molar-refractivity contribution in [3.05, 3.63) is 18.2 Å². The Balaban J connectivity index is 3.04. The average molecular weight is 288 g/mol. The van der Waals surface area contributed by atoms with E-state index in [1.165, 1.54) is 26.4 Å². The van der Waals surface area contributed by atoms with Gasteiger partial charge in [-0.15, -0.1) is 0 Å². The molecule has 0 atom stereocenters. The van der Waals surface area contributed by atoms with E-state index in [1.807, 2.05) is 0 Å². The molecule has 1 aromatic carbocycles. The first-order chi connectivity index (χ1) is 8.72. The van der Waals surface area contributed by atoms with Gasteiger partial charge in [-0.1, -0.05) is 0 Å². The lowest BCUT2D eigenvalue weighted by atomic mass is 10.1. The molecule has 0 saturated heterocycles. The summed E-state index contributed by atoms with van der Waals surface area (Å²) in [5.41, 5.74) is 5.37. The zero-order chi connectivity index (χ0) is 14.7. The fourth-order valence-corrected chi connectivity index (χ4v) is 2.72. The SMILES string of the molecule is COc1ccc(N)cc1S(=O)(=O)NCC(C)(C)OC. The number of benzene rings is 1. The van der Waals surface area contributed by atoms with Crippen LogP contribution in [0.4, 0.5) is 5.69 Å². The highest BCUT2D eigenvalue weighted by Gasteiger charge is 2.24. The second-order valence-corrected chi connectivity index (χ2v) is 6.43. The molecule has 6 nitrogen and oxygen atoms in total. The first kappa shape index (κ1) is 15.7. The van der Waals surface area contributed by atoms with Gasteiger partial charge in [0.15, 0.2) is 0 Å². The van der Waals surface area contributed by atoms with Crippen molar-refractivity contribution < 1.29 is 17.9 Å². The van der Waals surface area contributed by atoms with E-state index in [4.69, 9.17) is 15.2 Å². The molecule has 0 bridgehead atoms. The summed E-state index contributed by atoms with van der Waals surface area (Å²) in [6.45, 7) is 3.71. The number of hydrogen-bond donors (Lipinski definition) is 2. The summed E-state index contributed by atoms with van der Waals surface area (Å²) in [6.07, 6.45) is 0. The summed E-state index contributed by atoms with van der Waals surface area (Å²) >= 11 is 0. The topological polar surface area (TPSA) is 90.7 Å². The van der Waals surface area contributed by atoms with E-state index in [0.29, 0.717) is 5.69 Å². The number of nitrogen functional groups attached to an aromatic ring is 1. The van der Waals surface area contributed by atoms with Gasteiger partial charge in [0.05, 0.1) is 12.7 Å². The number of hydrogen-bond acceptors (Lipinski definition) is 5. The molecular formula is C12H20N2O4S. The molecule has 0 saturated carbocycles. The Kier molecular flexibility index (Phi) is 4.78. The van der Waals surface area contributed by atoms with Crippen molar-refractivity contribution in [2.45, 2.75) is 24.3 Å². The maximum Gasteiger partial charge on any atom is 0.244 e. The largest absolute Gasteiger partial charge is 0.495 e. The van der Waals surface area contributed by atoms with Gasteiger partial charge < -0.3 is 15.2 Å². The van der Waals surface area contributed by atoms with Crippen LogP contribution in [0.1, 0.15) is 13.8 Å². The van der Waals surface area contributed by atoms with Gasteiger partial charge in [0.1, 0.15) is 10.6 Å². The Bertz CT molecular complexity index is 541. The van der Waals surface area contributed by atoms with Crippen LogP contribution in [-0.4, -0.2) is 34.8 Å². The monoisotopic (exact) mass is 288 g/mol. The lowest BCUT2D eigenvalue weighted by Gasteiger charge is -2.23. The standard InChI is InChI=1S/C12H20N2O4S/c1-12(2,18-4)8-14-19(15,16)11-7-9(13)5-6-10(11)17-3/h5-7,14H,8,13H2,1-4H3. The molecule has 0 spiro atoms. The van der Waals surface area contributed by atoms with Crippen LogP contribution in [0.3, 0.4) is 0 Å². The maximum atomic E-state index is 12.2. The Hall–Kier alpha value is -1.31. The molecular weight excluding hydrogens is 268 g/mol. The van der Waals surface area contributed by atoms with E-state index in [9.17, 15) is 8.42 Å². The molecule has 0 aliphatic carbocycles. The van der Waals surface area contributed by atoms with E-state index >= 15 is 0 Å². The average Bonchev–Trinajstić information content (AvgIpc) is 2.37. The van der Waals surface area contributed by atoms with Crippen LogP contribution in [0.5, 0.6) is 5.75 Å². The second-order valence-electron chi connectivity index (χ2n) is 4.70. The molecule has 19 heavy (non-hydrogen) atoms. The van der Waals surface area contributed by atoms with E-state index in [0.717, 1.165) is 0 Å². The van der Waals surface area contributed by atoms with E-state index in [2.05, 4.69) is 4.72 Å². The van der Waals surface area contributed by atoms with Gasteiger partial charge in [-0.3, -0.25) is 0 Å². The molecule has 0 radical (unpaired) electrons. The smallest absolute Gasteiger partial charge is 0.244 e. The van der Waals surface area contributed by atoms with Crippen LogP contribution in [0.2, 0.25) is 0 Å². The minimum absolute atomic E-state index is 0.0157. The van der Waals surface area contributed by atoms with Crippen molar-refractivity contribution in [2.75, 3.05) is 26.5 Å². The van der Waals surface area contributed by atoms with Crippen LogP contribution >= 0.6 is 0 Å². The molecule has 0 unspecified atom stereocenters. The lowest BCUT2D eigenvalue weighted by molar-refractivity contribution is 0.0276. The lowest BCUT2D eigenvalue weighted by Crippen LogP contribution is -2.39. The van der Waals surface area contributed by atoms with E-state index < -0.39 is 15.6 Å². The van der Waals surface area contributed by atoms with Gasteiger partial charge in [-0.2, -0.15) is 0 Å². The van der Waals surface area contributed by atoms with Gasteiger partial charge >= 0.3 is 0 Å². The zero-order valence-corrected chi connectivity index (χ0v) is 12.4. The fourth-order valence-electron chi connectivity index (χ4n) is 1.32. The second kappa shape index (κ2) is 5.77. The van der Waals surface area contributed by atoms with Crippen LogP contribution in [0.25, 0.3) is 0 Å². The molecule has 1 rings (SSSR count).